The third-order valence-corrected chi connectivity index (χ3v) is 12.0. The van der Waals surface area contributed by atoms with Gasteiger partial charge >= 0.3 is 0 Å². The lowest BCUT2D eigenvalue weighted by atomic mass is 9.43. The van der Waals surface area contributed by atoms with Gasteiger partial charge in [-0.1, -0.05) is 33.6 Å². The quantitative estimate of drug-likeness (QED) is 0.345. The Morgan fingerprint density at radius 1 is 1.00 bits per heavy atom. The van der Waals surface area contributed by atoms with E-state index in [1.807, 2.05) is 0 Å². The Morgan fingerprint density at radius 2 is 1.69 bits per heavy atom. The molecule has 3 N–H and O–H groups in total. The van der Waals surface area contributed by atoms with E-state index in [2.05, 4.69) is 25.8 Å². The summed E-state index contributed by atoms with van der Waals surface area (Å²) in [6.45, 7) is 6.58. The Bertz CT molecular complexity index is 1040. The van der Waals surface area contributed by atoms with Gasteiger partial charge in [0.15, 0.2) is 0 Å². The fraction of sp³-hybridized carbons (Fsp3) is 0.839. The van der Waals surface area contributed by atoms with Crippen LogP contribution >= 0.6 is 0 Å². The zero-order valence-corrected chi connectivity index (χ0v) is 23.8. The first-order valence-corrected chi connectivity index (χ1v) is 15.0. The number of hydrogen-bond donors (Lipinski definition) is 3. The Balaban J connectivity index is 1.27. The number of methoxy groups -OCH3 is 1. The van der Waals surface area contributed by atoms with Gasteiger partial charge in [0.1, 0.15) is 0 Å². The molecule has 39 heavy (non-hydrogen) atoms. The SMILES string of the molecule is COc1nc(F)ccc1C(O)CCC[C@@H](C)[C@H]1CC[C@H]2[C@H]3[C@H](CC[C@]12C)[C@@]1(C)CC[C@H](O)[C@H](O)[C@@H]1CC3(F)F. The van der Waals surface area contributed by atoms with Gasteiger partial charge in [-0.15, -0.1) is 0 Å². The molecule has 1 aromatic heterocycles. The lowest BCUT2D eigenvalue weighted by molar-refractivity contribution is -0.258. The van der Waals surface area contributed by atoms with Crippen LogP contribution in [0.2, 0.25) is 0 Å². The lowest BCUT2D eigenvalue weighted by Crippen LogP contribution is -2.64. The van der Waals surface area contributed by atoms with E-state index in [4.69, 9.17) is 4.74 Å². The molecule has 11 atom stereocenters. The monoisotopic (exact) mass is 553 g/mol. The van der Waals surface area contributed by atoms with Crippen LogP contribution in [0.4, 0.5) is 13.2 Å². The summed E-state index contributed by atoms with van der Waals surface area (Å²) in [7, 11) is 1.40. The summed E-state index contributed by atoms with van der Waals surface area (Å²) in [6.07, 6.45) is 3.67. The van der Waals surface area contributed by atoms with Crippen LogP contribution in [0.25, 0.3) is 0 Å². The highest BCUT2D eigenvalue weighted by Gasteiger charge is 2.69. The van der Waals surface area contributed by atoms with Crippen molar-refractivity contribution in [3.05, 3.63) is 23.6 Å². The highest BCUT2D eigenvalue weighted by molar-refractivity contribution is 5.28. The molecule has 5 nitrogen and oxygen atoms in total. The predicted octanol–water partition coefficient (Wildman–Crippen LogP) is 6.30. The van der Waals surface area contributed by atoms with Crippen molar-refractivity contribution in [1.29, 1.82) is 0 Å². The molecule has 4 aliphatic rings. The smallest absolute Gasteiger partial charge is 0.251 e. The van der Waals surface area contributed by atoms with Gasteiger partial charge in [0.05, 0.1) is 25.4 Å². The van der Waals surface area contributed by atoms with Crippen LogP contribution in [0.15, 0.2) is 12.1 Å². The van der Waals surface area contributed by atoms with Gasteiger partial charge < -0.3 is 20.1 Å². The number of nitrogens with zero attached hydrogens (tertiary/aromatic N) is 1. The highest BCUT2D eigenvalue weighted by Crippen LogP contribution is 2.71. The number of ether oxygens (including phenoxy) is 1. The van der Waals surface area contributed by atoms with E-state index < -0.39 is 42.0 Å². The molecule has 1 aromatic rings. The van der Waals surface area contributed by atoms with Crippen LogP contribution < -0.4 is 4.74 Å². The minimum Gasteiger partial charge on any atom is -0.481 e. The molecule has 0 aliphatic heterocycles. The molecule has 4 aliphatic carbocycles. The second kappa shape index (κ2) is 10.5. The van der Waals surface area contributed by atoms with E-state index in [9.17, 15) is 19.7 Å². The van der Waals surface area contributed by atoms with Crippen molar-refractivity contribution >= 4 is 0 Å². The summed E-state index contributed by atoms with van der Waals surface area (Å²) in [5.74, 6) is -4.11. The topological polar surface area (TPSA) is 82.8 Å². The Morgan fingerprint density at radius 3 is 2.41 bits per heavy atom. The first-order valence-electron chi connectivity index (χ1n) is 15.0. The van der Waals surface area contributed by atoms with Crippen molar-refractivity contribution in [1.82, 2.24) is 4.98 Å². The van der Waals surface area contributed by atoms with E-state index in [1.165, 1.54) is 19.2 Å². The highest BCUT2D eigenvalue weighted by atomic mass is 19.3. The van der Waals surface area contributed by atoms with E-state index in [1.54, 1.807) is 0 Å². The minimum absolute atomic E-state index is 0.0411. The first kappa shape index (κ1) is 29.1. The van der Waals surface area contributed by atoms with Gasteiger partial charge in [0.25, 0.3) is 5.92 Å². The molecule has 0 aromatic carbocycles. The van der Waals surface area contributed by atoms with Crippen LogP contribution in [0.3, 0.4) is 0 Å². The van der Waals surface area contributed by atoms with Crippen molar-refractivity contribution < 1.29 is 33.2 Å². The molecule has 220 valence electrons. The predicted molar refractivity (Wildman–Crippen MR) is 142 cm³/mol. The molecule has 5 rings (SSSR count). The third-order valence-electron chi connectivity index (χ3n) is 12.0. The summed E-state index contributed by atoms with van der Waals surface area (Å²) in [4.78, 5) is 3.72. The van der Waals surface area contributed by atoms with Gasteiger partial charge in [-0.2, -0.15) is 9.37 Å². The summed E-state index contributed by atoms with van der Waals surface area (Å²) in [6, 6.07) is 2.73. The maximum Gasteiger partial charge on any atom is 0.251 e. The second-order valence-corrected chi connectivity index (χ2v) is 13.8. The Labute approximate surface area is 230 Å². The van der Waals surface area contributed by atoms with Crippen LogP contribution in [-0.2, 0) is 0 Å². The first-order chi connectivity index (χ1) is 18.3. The zero-order valence-electron chi connectivity index (χ0n) is 23.8. The molecule has 1 unspecified atom stereocenters. The van der Waals surface area contributed by atoms with Gasteiger partial charge in [0.2, 0.25) is 11.8 Å². The number of aromatic nitrogens is 1. The Hall–Kier alpha value is -1.38. The minimum atomic E-state index is -2.84. The fourth-order valence-corrected chi connectivity index (χ4v) is 10.00. The van der Waals surface area contributed by atoms with E-state index in [0.29, 0.717) is 36.7 Å². The van der Waals surface area contributed by atoms with Crippen LogP contribution in [-0.4, -0.2) is 45.5 Å². The number of hydrogen-bond acceptors (Lipinski definition) is 5. The second-order valence-electron chi connectivity index (χ2n) is 13.8. The summed E-state index contributed by atoms with van der Waals surface area (Å²) >= 11 is 0. The number of rotatable bonds is 7. The Kier molecular flexibility index (Phi) is 7.82. The number of aliphatic hydroxyl groups is 3. The zero-order chi connectivity index (χ0) is 28.3. The van der Waals surface area contributed by atoms with Gasteiger partial charge in [-0.05, 0) is 97.5 Å². The number of halogens is 3. The molecule has 4 saturated carbocycles. The summed E-state index contributed by atoms with van der Waals surface area (Å²) in [5, 5.41) is 31.7. The fourth-order valence-electron chi connectivity index (χ4n) is 10.00. The molecule has 0 spiro atoms. The van der Waals surface area contributed by atoms with Crippen molar-refractivity contribution in [2.24, 2.45) is 46.3 Å². The number of fused-ring (bicyclic) bond motifs is 5. The number of alkyl halides is 2. The molecular weight excluding hydrogens is 507 g/mol. The lowest BCUT2D eigenvalue weighted by Gasteiger charge is -2.63. The molecule has 0 saturated heterocycles. The summed E-state index contributed by atoms with van der Waals surface area (Å²) < 4.78 is 50.6. The van der Waals surface area contributed by atoms with E-state index >= 15 is 8.78 Å². The average Bonchev–Trinajstić information content (AvgIpc) is 3.24. The van der Waals surface area contributed by atoms with Gasteiger partial charge in [-0.25, -0.2) is 8.78 Å². The average molecular weight is 554 g/mol. The van der Waals surface area contributed by atoms with Crippen molar-refractivity contribution in [2.75, 3.05) is 7.11 Å². The van der Waals surface area contributed by atoms with E-state index in [-0.39, 0.29) is 35.0 Å². The molecular formula is C31H46F3NO4. The van der Waals surface area contributed by atoms with Crippen molar-refractivity contribution in [3.63, 3.8) is 0 Å². The van der Waals surface area contributed by atoms with Gasteiger partial charge in [0, 0.05) is 17.9 Å². The number of pyridine rings is 1. The van der Waals surface area contributed by atoms with Crippen LogP contribution in [0.1, 0.15) is 96.6 Å². The molecule has 1 heterocycles. The van der Waals surface area contributed by atoms with Crippen molar-refractivity contribution in [2.45, 2.75) is 109 Å². The van der Waals surface area contributed by atoms with Crippen LogP contribution in [0, 0.1) is 52.3 Å². The molecule has 8 heteroatoms. The molecule has 4 fully saturated rings. The third kappa shape index (κ3) is 4.80. The maximum absolute atomic E-state index is 16.0. The molecule has 0 bridgehead atoms. The maximum atomic E-state index is 16.0. The normalized spacial score (nSPS) is 42.7. The van der Waals surface area contributed by atoms with Crippen LogP contribution in [0.5, 0.6) is 5.88 Å². The number of aliphatic hydroxyl groups excluding tert-OH is 3. The van der Waals surface area contributed by atoms with Gasteiger partial charge in [-0.3, -0.25) is 0 Å². The standard InChI is InChI=1S/C31H46F3NO4/c1-17(6-5-7-23(36)18-8-11-25(32)35-28(18)39-4)19-9-10-20-26-21(12-14-29(19,20)2)30(3)15-13-24(37)27(38)22(30)16-31(26,33)34/h8,11,17,19-24,26-27,36-38H,5-7,9-10,12-16H2,1-4H3/t17-,19-,20+,21+,22+,23?,24+,26+,27-,29-,30-/m1/s1. The molecule has 0 radical (unpaired) electrons. The van der Waals surface area contributed by atoms with E-state index in [0.717, 1.165) is 38.5 Å². The summed E-state index contributed by atoms with van der Waals surface area (Å²) in [5.41, 5.74) is -0.0324. The molecule has 0 amide bonds. The van der Waals surface area contributed by atoms with Crippen molar-refractivity contribution in [3.8, 4) is 5.88 Å². The largest absolute Gasteiger partial charge is 0.481 e.